The maximum Gasteiger partial charge on any atom is 0.416 e. The topological polar surface area (TPSA) is 58.6 Å². The number of alkyl halides is 3. The number of anilines is 1. The lowest BCUT2D eigenvalue weighted by Gasteiger charge is -2.17. The van der Waals surface area contributed by atoms with Crippen LogP contribution in [0.15, 0.2) is 24.3 Å². The number of hydrogen-bond donors (Lipinski definition) is 1. The number of nitrogens with one attached hydrogen (secondary N) is 1. The standard InChI is InChI=1S/C13H13F3N2O3S/c1-21-10(19)6-17-11-12(20)18(7-22-11)9-4-2-3-8(5-9)13(14,15)16/h2-5,11,17H,6-7H2,1H3. The Morgan fingerprint density at radius 1 is 1.50 bits per heavy atom. The summed E-state index contributed by atoms with van der Waals surface area (Å²) in [7, 11) is 1.22. The normalized spacial score (nSPS) is 18.6. The molecule has 1 N–H and O–H groups in total. The van der Waals surface area contributed by atoms with Crippen LogP contribution in [0.4, 0.5) is 18.9 Å². The number of halogens is 3. The highest BCUT2D eigenvalue weighted by Gasteiger charge is 2.35. The van der Waals surface area contributed by atoms with Crippen LogP contribution in [0.3, 0.4) is 0 Å². The van der Waals surface area contributed by atoms with E-state index in [4.69, 9.17) is 0 Å². The quantitative estimate of drug-likeness (QED) is 0.852. The van der Waals surface area contributed by atoms with Crippen molar-refractivity contribution in [1.82, 2.24) is 5.32 Å². The number of rotatable bonds is 4. The highest BCUT2D eigenvalue weighted by molar-refractivity contribution is 8.01. The molecule has 1 aliphatic heterocycles. The van der Waals surface area contributed by atoms with Crippen LogP contribution in [-0.4, -0.2) is 36.8 Å². The van der Waals surface area contributed by atoms with Gasteiger partial charge in [-0.05, 0) is 18.2 Å². The molecule has 0 aromatic heterocycles. The van der Waals surface area contributed by atoms with Crippen LogP contribution >= 0.6 is 11.8 Å². The summed E-state index contributed by atoms with van der Waals surface area (Å²) in [5.41, 5.74) is -0.636. The molecule has 9 heteroatoms. The zero-order chi connectivity index (χ0) is 16.3. The predicted molar refractivity (Wildman–Crippen MR) is 75.2 cm³/mol. The molecule has 0 spiro atoms. The van der Waals surface area contributed by atoms with Crippen LogP contribution in [0.5, 0.6) is 0 Å². The molecule has 1 amide bonds. The Morgan fingerprint density at radius 3 is 2.86 bits per heavy atom. The van der Waals surface area contributed by atoms with Gasteiger partial charge in [0, 0.05) is 5.69 Å². The summed E-state index contributed by atoms with van der Waals surface area (Å²) < 4.78 is 42.6. The van der Waals surface area contributed by atoms with Gasteiger partial charge in [-0.3, -0.25) is 14.9 Å². The molecule has 2 rings (SSSR count). The van der Waals surface area contributed by atoms with E-state index in [-0.39, 0.29) is 18.1 Å². The molecule has 1 aromatic carbocycles. The molecule has 1 heterocycles. The Labute approximate surface area is 128 Å². The van der Waals surface area contributed by atoms with Gasteiger partial charge in [-0.2, -0.15) is 13.2 Å². The Hall–Kier alpha value is -1.74. The molecule has 1 aliphatic rings. The van der Waals surface area contributed by atoms with Crippen molar-refractivity contribution in [3.63, 3.8) is 0 Å². The van der Waals surface area contributed by atoms with Crippen LogP contribution in [-0.2, 0) is 20.5 Å². The van der Waals surface area contributed by atoms with Gasteiger partial charge >= 0.3 is 12.1 Å². The summed E-state index contributed by atoms with van der Waals surface area (Å²) in [6.07, 6.45) is -4.46. The van der Waals surface area contributed by atoms with Crippen LogP contribution in [0, 0.1) is 0 Å². The van der Waals surface area contributed by atoms with Gasteiger partial charge < -0.3 is 9.64 Å². The van der Waals surface area contributed by atoms with E-state index in [1.54, 1.807) is 0 Å². The molecule has 0 saturated carbocycles. The first-order valence-electron chi connectivity index (χ1n) is 6.23. The van der Waals surface area contributed by atoms with Gasteiger partial charge in [0.1, 0.15) is 5.37 Å². The summed E-state index contributed by atoms with van der Waals surface area (Å²) in [6, 6.07) is 4.58. The fraction of sp³-hybridized carbons (Fsp3) is 0.385. The van der Waals surface area contributed by atoms with E-state index in [0.29, 0.717) is 0 Å². The number of esters is 1. The van der Waals surface area contributed by atoms with Crippen LogP contribution in [0.1, 0.15) is 5.56 Å². The zero-order valence-corrected chi connectivity index (χ0v) is 12.3. The first-order chi connectivity index (χ1) is 10.3. The lowest BCUT2D eigenvalue weighted by atomic mass is 10.2. The summed E-state index contributed by atoms with van der Waals surface area (Å²) in [5.74, 6) is -0.710. The molecule has 1 fully saturated rings. The minimum absolute atomic E-state index is 0.143. The minimum Gasteiger partial charge on any atom is -0.468 e. The Bertz CT molecular complexity index is 580. The molecule has 1 atom stereocenters. The number of benzene rings is 1. The first kappa shape index (κ1) is 16.6. The highest BCUT2D eigenvalue weighted by atomic mass is 32.2. The average Bonchev–Trinajstić information content (AvgIpc) is 2.85. The SMILES string of the molecule is COC(=O)CNC1SCN(c2cccc(C(F)(F)F)c2)C1=O. The second-order valence-electron chi connectivity index (χ2n) is 4.45. The predicted octanol–water partition coefficient (Wildman–Crippen LogP) is 1.83. The molecule has 0 radical (unpaired) electrons. The Balaban J connectivity index is 2.08. The first-order valence-corrected chi connectivity index (χ1v) is 7.28. The van der Waals surface area contributed by atoms with Crippen molar-refractivity contribution < 1.29 is 27.5 Å². The fourth-order valence-electron chi connectivity index (χ4n) is 1.87. The number of amides is 1. The number of nitrogens with zero attached hydrogens (tertiary/aromatic N) is 1. The third-order valence-electron chi connectivity index (χ3n) is 3.01. The van der Waals surface area contributed by atoms with E-state index in [9.17, 15) is 22.8 Å². The second-order valence-corrected chi connectivity index (χ2v) is 5.51. The lowest BCUT2D eigenvalue weighted by molar-refractivity contribution is -0.140. The van der Waals surface area contributed by atoms with E-state index >= 15 is 0 Å². The summed E-state index contributed by atoms with van der Waals surface area (Å²) in [5, 5.41) is 2.02. The Morgan fingerprint density at radius 2 is 2.23 bits per heavy atom. The third kappa shape index (κ3) is 3.72. The highest BCUT2D eigenvalue weighted by Crippen LogP contribution is 2.34. The van der Waals surface area contributed by atoms with Gasteiger partial charge in [0.25, 0.3) is 5.91 Å². The van der Waals surface area contributed by atoms with E-state index in [1.807, 2.05) is 0 Å². The van der Waals surface area contributed by atoms with Crippen LogP contribution in [0.2, 0.25) is 0 Å². The molecule has 22 heavy (non-hydrogen) atoms. The molecule has 1 aromatic rings. The number of ether oxygens (including phenoxy) is 1. The van der Waals surface area contributed by atoms with E-state index in [2.05, 4.69) is 10.1 Å². The second kappa shape index (κ2) is 6.57. The zero-order valence-electron chi connectivity index (χ0n) is 11.5. The average molecular weight is 334 g/mol. The van der Waals surface area contributed by atoms with E-state index < -0.39 is 29.0 Å². The molecular weight excluding hydrogens is 321 g/mol. The van der Waals surface area contributed by atoms with Crippen molar-refractivity contribution in [3.8, 4) is 0 Å². The van der Waals surface area contributed by atoms with Gasteiger partial charge in [0.15, 0.2) is 0 Å². The monoisotopic (exact) mass is 334 g/mol. The molecule has 0 aliphatic carbocycles. The summed E-state index contributed by atoms with van der Waals surface area (Å²) in [4.78, 5) is 24.5. The third-order valence-corrected chi connectivity index (χ3v) is 4.11. The maximum atomic E-state index is 12.7. The lowest BCUT2D eigenvalue weighted by Crippen LogP contribution is -2.40. The van der Waals surface area contributed by atoms with E-state index in [0.717, 1.165) is 12.1 Å². The van der Waals surface area contributed by atoms with Crippen molar-refractivity contribution in [2.24, 2.45) is 0 Å². The van der Waals surface area contributed by atoms with Gasteiger partial charge in [-0.15, -0.1) is 11.8 Å². The molecule has 1 unspecified atom stereocenters. The van der Waals surface area contributed by atoms with Crippen molar-refractivity contribution in [3.05, 3.63) is 29.8 Å². The number of hydrogen-bond acceptors (Lipinski definition) is 5. The van der Waals surface area contributed by atoms with E-state index in [1.165, 1.54) is 35.9 Å². The van der Waals surface area contributed by atoms with Crippen molar-refractivity contribution in [2.75, 3.05) is 24.4 Å². The summed E-state index contributed by atoms with van der Waals surface area (Å²) in [6.45, 7) is -0.143. The maximum absolute atomic E-state index is 12.7. The summed E-state index contributed by atoms with van der Waals surface area (Å²) >= 11 is 1.20. The Kier molecular flexibility index (Phi) is 4.97. The van der Waals surface area contributed by atoms with Gasteiger partial charge in [0.2, 0.25) is 0 Å². The van der Waals surface area contributed by atoms with Crippen LogP contribution in [0.25, 0.3) is 0 Å². The fourth-order valence-corrected chi connectivity index (χ4v) is 2.92. The molecule has 1 saturated heterocycles. The van der Waals surface area contributed by atoms with Gasteiger partial charge in [-0.1, -0.05) is 6.07 Å². The van der Waals surface area contributed by atoms with Gasteiger partial charge in [-0.25, -0.2) is 0 Å². The minimum atomic E-state index is -4.46. The number of methoxy groups -OCH3 is 1. The van der Waals surface area contributed by atoms with Gasteiger partial charge in [0.05, 0.1) is 25.1 Å². The van der Waals surface area contributed by atoms with Crippen LogP contribution < -0.4 is 10.2 Å². The van der Waals surface area contributed by atoms with Crippen molar-refractivity contribution >= 4 is 29.3 Å². The van der Waals surface area contributed by atoms with Crippen molar-refractivity contribution in [1.29, 1.82) is 0 Å². The molecule has 120 valence electrons. The number of carbonyl (C=O) groups excluding carboxylic acids is 2. The molecule has 5 nitrogen and oxygen atoms in total. The molecular formula is C13H13F3N2O3S. The smallest absolute Gasteiger partial charge is 0.416 e. The van der Waals surface area contributed by atoms with Crippen molar-refractivity contribution in [2.45, 2.75) is 11.6 Å². The largest absolute Gasteiger partial charge is 0.468 e. The number of thioether (sulfide) groups is 1. The molecule has 0 bridgehead atoms. The number of carbonyl (C=O) groups is 2.